The Balaban J connectivity index is 2.93. The maximum Gasteiger partial charge on any atom is 0.407 e. The van der Waals surface area contributed by atoms with E-state index in [-0.39, 0.29) is 12.1 Å². The molecule has 0 amide bonds. The molecular formula is C10H13F3N2O. The second kappa shape index (κ2) is 5.16. The molecule has 0 fully saturated rings. The van der Waals surface area contributed by atoms with Crippen molar-refractivity contribution in [1.29, 1.82) is 0 Å². The maximum absolute atomic E-state index is 12.7. The predicted molar refractivity (Wildman–Crippen MR) is 53.3 cm³/mol. The van der Waals surface area contributed by atoms with Gasteiger partial charge in [0.05, 0.1) is 7.11 Å². The molecule has 1 N–H and O–H groups in total. The molecule has 1 unspecified atom stereocenters. The van der Waals surface area contributed by atoms with Gasteiger partial charge in [-0.3, -0.25) is 0 Å². The zero-order valence-corrected chi connectivity index (χ0v) is 9.01. The highest BCUT2D eigenvalue weighted by Gasteiger charge is 2.40. The number of hydrogen-bond acceptors (Lipinski definition) is 3. The second-order valence-corrected chi connectivity index (χ2v) is 3.17. The van der Waals surface area contributed by atoms with E-state index in [9.17, 15) is 13.2 Å². The molecule has 0 aliphatic carbocycles. The van der Waals surface area contributed by atoms with Gasteiger partial charge in [-0.25, -0.2) is 4.98 Å². The molecule has 0 saturated heterocycles. The highest BCUT2D eigenvalue weighted by Crippen LogP contribution is 2.32. The van der Waals surface area contributed by atoms with Crippen molar-refractivity contribution in [1.82, 2.24) is 10.3 Å². The topological polar surface area (TPSA) is 34.1 Å². The number of aromatic nitrogens is 1. The Kier molecular flexibility index (Phi) is 4.12. The third-order valence-electron chi connectivity index (χ3n) is 2.04. The molecule has 3 nitrogen and oxygen atoms in total. The first kappa shape index (κ1) is 12.8. The number of ether oxygens (including phenoxy) is 1. The average molecular weight is 234 g/mol. The molecule has 1 heterocycles. The molecule has 1 rings (SSSR count). The highest BCUT2D eigenvalue weighted by molar-refractivity contribution is 5.21. The number of rotatable bonds is 4. The van der Waals surface area contributed by atoms with Gasteiger partial charge in [0.15, 0.2) is 0 Å². The SMILES string of the molecule is CCNC(c1ccc(OC)nc1)C(F)(F)F. The third-order valence-corrected chi connectivity index (χ3v) is 2.04. The molecule has 0 aliphatic rings. The van der Waals surface area contributed by atoms with E-state index in [0.29, 0.717) is 5.88 Å². The van der Waals surface area contributed by atoms with Gasteiger partial charge >= 0.3 is 6.18 Å². The summed E-state index contributed by atoms with van der Waals surface area (Å²) in [4.78, 5) is 3.75. The summed E-state index contributed by atoms with van der Waals surface area (Å²) in [7, 11) is 1.41. The minimum Gasteiger partial charge on any atom is -0.481 e. The van der Waals surface area contributed by atoms with E-state index in [1.807, 2.05) is 0 Å². The second-order valence-electron chi connectivity index (χ2n) is 3.17. The molecule has 1 aromatic heterocycles. The fourth-order valence-corrected chi connectivity index (χ4v) is 1.31. The molecule has 1 aromatic rings. The normalized spacial score (nSPS) is 13.6. The summed E-state index contributed by atoms with van der Waals surface area (Å²) in [6.07, 6.45) is -3.16. The molecule has 90 valence electrons. The van der Waals surface area contributed by atoms with Gasteiger partial charge in [-0.15, -0.1) is 0 Å². The van der Waals surface area contributed by atoms with E-state index < -0.39 is 12.2 Å². The van der Waals surface area contributed by atoms with E-state index in [4.69, 9.17) is 4.74 Å². The summed E-state index contributed by atoms with van der Waals surface area (Å²) in [6, 6.07) is 1.08. The minimum absolute atomic E-state index is 0.0788. The van der Waals surface area contributed by atoms with E-state index in [0.717, 1.165) is 0 Å². The van der Waals surface area contributed by atoms with Crippen LogP contribution >= 0.6 is 0 Å². The predicted octanol–water partition coefficient (Wildman–Crippen LogP) is 2.30. The third kappa shape index (κ3) is 3.10. The summed E-state index contributed by atoms with van der Waals surface area (Å²) >= 11 is 0. The van der Waals surface area contributed by atoms with Gasteiger partial charge in [0.2, 0.25) is 5.88 Å². The van der Waals surface area contributed by atoms with Gasteiger partial charge in [0, 0.05) is 12.3 Å². The van der Waals surface area contributed by atoms with Crippen molar-refractivity contribution < 1.29 is 17.9 Å². The summed E-state index contributed by atoms with van der Waals surface area (Å²) in [5.41, 5.74) is 0.0788. The van der Waals surface area contributed by atoms with Crippen LogP contribution in [0.3, 0.4) is 0 Å². The molecule has 0 bridgehead atoms. The fourth-order valence-electron chi connectivity index (χ4n) is 1.31. The zero-order valence-electron chi connectivity index (χ0n) is 9.01. The number of nitrogens with one attached hydrogen (secondary N) is 1. The van der Waals surface area contributed by atoms with Gasteiger partial charge in [-0.2, -0.15) is 13.2 Å². The number of pyridine rings is 1. The van der Waals surface area contributed by atoms with Crippen LogP contribution in [0.1, 0.15) is 18.5 Å². The fraction of sp³-hybridized carbons (Fsp3) is 0.500. The molecule has 0 saturated carbocycles. The molecule has 0 spiro atoms. The quantitative estimate of drug-likeness (QED) is 0.868. The molecular weight excluding hydrogens is 221 g/mol. The van der Waals surface area contributed by atoms with Crippen LogP contribution in [0.4, 0.5) is 13.2 Å². The van der Waals surface area contributed by atoms with E-state index in [2.05, 4.69) is 10.3 Å². The Hall–Kier alpha value is -1.30. The van der Waals surface area contributed by atoms with Crippen molar-refractivity contribution in [3.05, 3.63) is 23.9 Å². The van der Waals surface area contributed by atoms with Crippen LogP contribution in [0.2, 0.25) is 0 Å². The van der Waals surface area contributed by atoms with Crippen LogP contribution in [0.15, 0.2) is 18.3 Å². The smallest absolute Gasteiger partial charge is 0.407 e. The number of methoxy groups -OCH3 is 1. The molecule has 0 aliphatic heterocycles. The lowest BCUT2D eigenvalue weighted by Gasteiger charge is -2.21. The minimum atomic E-state index is -4.33. The van der Waals surface area contributed by atoms with Gasteiger partial charge in [-0.1, -0.05) is 13.0 Å². The zero-order chi connectivity index (χ0) is 12.2. The standard InChI is InChI=1S/C10H13F3N2O/c1-3-14-9(10(11,12)13)7-4-5-8(16-2)15-6-7/h4-6,9,14H,3H2,1-2H3. The van der Waals surface area contributed by atoms with Crippen molar-refractivity contribution in [2.24, 2.45) is 0 Å². The lowest BCUT2D eigenvalue weighted by Crippen LogP contribution is -2.34. The lowest BCUT2D eigenvalue weighted by atomic mass is 10.1. The number of halogens is 3. The van der Waals surface area contributed by atoms with Gasteiger partial charge < -0.3 is 10.1 Å². The summed E-state index contributed by atoms with van der Waals surface area (Å²) < 4.78 is 42.7. The largest absolute Gasteiger partial charge is 0.481 e. The number of nitrogens with zero attached hydrogens (tertiary/aromatic N) is 1. The molecule has 0 radical (unpaired) electrons. The van der Waals surface area contributed by atoms with E-state index in [1.165, 1.54) is 25.4 Å². The summed E-state index contributed by atoms with van der Waals surface area (Å²) in [5, 5.41) is 2.37. The monoisotopic (exact) mass is 234 g/mol. The maximum atomic E-state index is 12.7. The summed E-state index contributed by atoms with van der Waals surface area (Å²) in [6.45, 7) is 1.85. The van der Waals surface area contributed by atoms with Gasteiger partial charge in [-0.05, 0) is 12.1 Å². The van der Waals surface area contributed by atoms with E-state index >= 15 is 0 Å². The Morgan fingerprint density at radius 1 is 1.44 bits per heavy atom. The molecule has 1 atom stereocenters. The average Bonchev–Trinajstić information content (AvgIpc) is 2.25. The number of alkyl halides is 3. The lowest BCUT2D eigenvalue weighted by molar-refractivity contribution is -0.157. The van der Waals surface area contributed by atoms with E-state index in [1.54, 1.807) is 6.92 Å². The van der Waals surface area contributed by atoms with Crippen LogP contribution in [0, 0.1) is 0 Å². The molecule has 0 aromatic carbocycles. The Bertz CT molecular complexity index is 324. The first-order valence-electron chi connectivity index (χ1n) is 4.79. The van der Waals surface area contributed by atoms with Crippen LogP contribution in [0.25, 0.3) is 0 Å². The van der Waals surface area contributed by atoms with Crippen molar-refractivity contribution in [2.45, 2.75) is 19.1 Å². The first-order chi connectivity index (χ1) is 7.49. The summed E-state index contributed by atoms with van der Waals surface area (Å²) in [5.74, 6) is 0.293. The Morgan fingerprint density at radius 3 is 2.50 bits per heavy atom. The van der Waals surface area contributed by atoms with Crippen LogP contribution in [-0.4, -0.2) is 24.8 Å². The highest BCUT2D eigenvalue weighted by atomic mass is 19.4. The Labute approximate surface area is 91.6 Å². The Morgan fingerprint density at radius 2 is 2.12 bits per heavy atom. The van der Waals surface area contributed by atoms with Crippen LogP contribution in [-0.2, 0) is 0 Å². The van der Waals surface area contributed by atoms with Crippen LogP contribution < -0.4 is 10.1 Å². The van der Waals surface area contributed by atoms with Crippen molar-refractivity contribution >= 4 is 0 Å². The first-order valence-corrected chi connectivity index (χ1v) is 4.79. The van der Waals surface area contributed by atoms with Crippen LogP contribution in [0.5, 0.6) is 5.88 Å². The van der Waals surface area contributed by atoms with Gasteiger partial charge in [0.1, 0.15) is 6.04 Å². The van der Waals surface area contributed by atoms with Crippen molar-refractivity contribution in [3.63, 3.8) is 0 Å². The molecule has 6 heteroatoms. The van der Waals surface area contributed by atoms with Gasteiger partial charge in [0.25, 0.3) is 0 Å². The van der Waals surface area contributed by atoms with Crippen molar-refractivity contribution in [2.75, 3.05) is 13.7 Å². The molecule has 16 heavy (non-hydrogen) atoms. The number of hydrogen-bond donors (Lipinski definition) is 1. The van der Waals surface area contributed by atoms with Crippen molar-refractivity contribution in [3.8, 4) is 5.88 Å².